The Morgan fingerprint density at radius 1 is 1.22 bits per heavy atom. The highest BCUT2D eigenvalue weighted by Crippen LogP contribution is 2.38. The van der Waals surface area contributed by atoms with Crippen LogP contribution in [0.1, 0.15) is 43.2 Å². The zero-order valence-electron chi connectivity index (χ0n) is 16.5. The van der Waals surface area contributed by atoms with Crippen molar-refractivity contribution in [2.24, 2.45) is 11.1 Å². The topological polar surface area (TPSA) is 93.4 Å². The van der Waals surface area contributed by atoms with Crippen LogP contribution >= 0.6 is 12.4 Å². The van der Waals surface area contributed by atoms with Gasteiger partial charge in [0.15, 0.2) is 0 Å². The monoisotopic (exact) mass is 397 g/mol. The van der Waals surface area contributed by atoms with Crippen LogP contribution in [0.4, 0.5) is 5.69 Å². The van der Waals surface area contributed by atoms with E-state index in [1.54, 1.807) is 7.11 Å². The standard InChI is InChI=1S/C20H31N3O3.ClH/c1-14-6-7-16(10-15(14)2)23-19(25)20(8-4-5-9-20)13-22-18(24)11-17(12-21)26-3;/h6-7,10,17H,4-5,8-9,11-13,21H2,1-3H3,(H,22,24)(H,23,25);1H. The second-order valence-corrected chi connectivity index (χ2v) is 7.31. The lowest BCUT2D eigenvalue weighted by atomic mass is 9.84. The van der Waals surface area contributed by atoms with Gasteiger partial charge in [-0.05, 0) is 49.9 Å². The van der Waals surface area contributed by atoms with E-state index in [4.69, 9.17) is 10.5 Å². The van der Waals surface area contributed by atoms with Crippen LogP contribution in [0.15, 0.2) is 18.2 Å². The van der Waals surface area contributed by atoms with Gasteiger partial charge < -0.3 is 21.1 Å². The SMILES string of the molecule is COC(CN)CC(=O)NCC1(C(=O)Nc2ccc(C)c(C)c2)CCCC1.Cl. The predicted octanol–water partition coefficient (Wildman–Crippen LogP) is 2.70. The molecule has 0 spiro atoms. The van der Waals surface area contributed by atoms with Crippen LogP contribution in [0, 0.1) is 19.3 Å². The van der Waals surface area contributed by atoms with Gasteiger partial charge in [0.25, 0.3) is 0 Å². The van der Waals surface area contributed by atoms with Crippen LogP contribution in [0.25, 0.3) is 0 Å². The maximum absolute atomic E-state index is 13.0. The molecule has 0 aromatic heterocycles. The van der Waals surface area contributed by atoms with E-state index in [2.05, 4.69) is 10.6 Å². The van der Waals surface area contributed by atoms with Gasteiger partial charge in [-0.3, -0.25) is 9.59 Å². The number of halogens is 1. The van der Waals surface area contributed by atoms with Crippen molar-refractivity contribution in [3.63, 3.8) is 0 Å². The Kier molecular flexibility index (Phi) is 9.22. The minimum atomic E-state index is -0.542. The molecule has 1 fully saturated rings. The van der Waals surface area contributed by atoms with Crippen LogP contribution < -0.4 is 16.4 Å². The van der Waals surface area contributed by atoms with Crippen molar-refractivity contribution in [2.75, 3.05) is 25.5 Å². The van der Waals surface area contributed by atoms with Crippen molar-refractivity contribution >= 4 is 29.9 Å². The first-order valence-electron chi connectivity index (χ1n) is 9.28. The summed E-state index contributed by atoms with van der Waals surface area (Å²) >= 11 is 0. The lowest BCUT2D eigenvalue weighted by Gasteiger charge is -2.28. The quantitative estimate of drug-likeness (QED) is 0.628. The van der Waals surface area contributed by atoms with Crippen LogP contribution in [-0.4, -0.2) is 38.1 Å². The van der Waals surface area contributed by atoms with Gasteiger partial charge in [-0.2, -0.15) is 0 Å². The number of amides is 2. The first kappa shape index (κ1) is 23.4. The number of hydrogen-bond donors (Lipinski definition) is 3. The molecule has 1 aliphatic carbocycles. The van der Waals surface area contributed by atoms with Gasteiger partial charge >= 0.3 is 0 Å². The fraction of sp³-hybridized carbons (Fsp3) is 0.600. The van der Waals surface area contributed by atoms with Crippen molar-refractivity contribution in [2.45, 2.75) is 52.1 Å². The lowest BCUT2D eigenvalue weighted by molar-refractivity contribution is -0.127. The molecule has 27 heavy (non-hydrogen) atoms. The Hall–Kier alpha value is -1.63. The molecule has 0 bridgehead atoms. The summed E-state index contributed by atoms with van der Waals surface area (Å²) < 4.78 is 5.15. The highest BCUT2D eigenvalue weighted by Gasteiger charge is 2.41. The molecule has 1 aromatic carbocycles. The second-order valence-electron chi connectivity index (χ2n) is 7.31. The van der Waals surface area contributed by atoms with E-state index in [1.807, 2.05) is 32.0 Å². The van der Waals surface area contributed by atoms with E-state index in [1.165, 1.54) is 5.56 Å². The highest BCUT2D eigenvalue weighted by molar-refractivity contribution is 5.96. The number of nitrogens with one attached hydrogen (secondary N) is 2. The van der Waals surface area contributed by atoms with Crippen LogP contribution in [0.5, 0.6) is 0 Å². The Labute approximate surface area is 168 Å². The van der Waals surface area contributed by atoms with Crippen molar-refractivity contribution < 1.29 is 14.3 Å². The molecular weight excluding hydrogens is 366 g/mol. The molecule has 2 amide bonds. The maximum atomic E-state index is 13.0. The first-order chi connectivity index (χ1) is 12.4. The Bertz CT molecular complexity index is 641. The molecule has 152 valence electrons. The van der Waals surface area contributed by atoms with E-state index in [0.717, 1.165) is 36.9 Å². The summed E-state index contributed by atoms with van der Waals surface area (Å²) in [4.78, 5) is 25.1. The molecule has 0 radical (unpaired) electrons. The Balaban J connectivity index is 0.00000364. The third-order valence-corrected chi connectivity index (χ3v) is 5.44. The summed E-state index contributed by atoms with van der Waals surface area (Å²) in [5.74, 6) is -0.145. The molecule has 6 nitrogen and oxygen atoms in total. The van der Waals surface area contributed by atoms with E-state index in [0.29, 0.717) is 13.1 Å². The molecule has 1 unspecified atom stereocenters. The van der Waals surface area contributed by atoms with Gasteiger partial charge in [0.1, 0.15) is 0 Å². The first-order valence-corrected chi connectivity index (χ1v) is 9.28. The largest absolute Gasteiger partial charge is 0.380 e. The number of carbonyl (C=O) groups excluding carboxylic acids is 2. The zero-order chi connectivity index (χ0) is 19.2. The fourth-order valence-corrected chi connectivity index (χ4v) is 3.43. The number of nitrogens with two attached hydrogens (primary N) is 1. The molecule has 1 aliphatic rings. The van der Waals surface area contributed by atoms with Crippen molar-refractivity contribution in [1.82, 2.24) is 5.32 Å². The molecule has 1 aromatic rings. The Morgan fingerprint density at radius 2 is 1.89 bits per heavy atom. The summed E-state index contributed by atoms with van der Waals surface area (Å²) in [6, 6.07) is 5.91. The lowest BCUT2D eigenvalue weighted by Crippen LogP contribution is -2.45. The number of methoxy groups -OCH3 is 1. The van der Waals surface area contributed by atoms with Gasteiger partial charge in [-0.25, -0.2) is 0 Å². The number of rotatable bonds is 8. The molecule has 7 heteroatoms. The summed E-state index contributed by atoms with van der Waals surface area (Å²) in [6.45, 7) is 4.72. The Morgan fingerprint density at radius 3 is 2.44 bits per heavy atom. The average molecular weight is 398 g/mol. The number of carbonyl (C=O) groups is 2. The van der Waals surface area contributed by atoms with E-state index >= 15 is 0 Å². The summed E-state index contributed by atoms with van der Waals surface area (Å²) in [6.07, 6.45) is 3.49. The van der Waals surface area contributed by atoms with Gasteiger partial charge in [-0.1, -0.05) is 18.9 Å². The number of anilines is 1. The third-order valence-electron chi connectivity index (χ3n) is 5.44. The highest BCUT2D eigenvalue weighted by atomic mass is 35.5. The van der Waals surface area contributed by atoms with Gasteiger partial charge in [-0.15, -0.1) is 12.4 Å². The average Bonchev–Trinajstić information content (AvgIpc) is 3.11. The van der Waals surface area contributed by atoms with Crippen molar-refractivity contribution in [3.05, 3.63) is 29.3 Å². The summed E-state index contributed by atoms with van der Waals surface area (Å²) in [5, 5.41) is 5.96. The minimum Gasteiger partial charge on any atom is -0.380 e. The molecule has 1 atom stereocenters. The van der Waals surface area contributed by atoms with Crippen LogP contribution in [0.2, 0.25) is 0 Å². The zero-order valence-corrected chi connectivity index (χ0v) is 17.3. The van der Waals surface area contributed by atoms with Gasteiger partial charge in [0, 0.05) is 25.9 Å². The van der Waals surface area contributed by atoms with E-state index in [9.17, 15) is 9.59 Å². The normalized spacial score (nSPS) is 16.3. The predicted molar refractivity (Wildman–Crippen MR) is 110 cm³/mol. The molecule has 4 N–H and O–H groups in total. The molecule has 2 rings (SSSR count). The molecular formula is C20H32ClN3O3. The third kappa shape index (κ3) is 6.19. The number of aryl methyl sites for hydroxylation is 2. The molecule has 0 heterocycles. The number of hydrogen-bond acceptors (Lipinski definition) is 4. The smallest absolute Gasteiger partial charge is 0.232 e. The van der Waals surface area contributed by atoms with Gasteiger partial charge in [0.2, 0.25) is 11.8 Å². The molecule has 0 aliphatic heterocycles. The summed E-state index contributed by atoms with van der Waals surface area (Å²) in [7, 11) is 1.54. The van der Waals surface area contributed by atoms with E-state index < -0.39 is 5.41 Å². The minimum absolute atomic E-state index is 0. The summed E-state index contributed by atoms with van der Waals surface area (Å²) in [5.41, 5.74) is 8.16. The number of ether oxygens (including phenoxy) is 1. The van der Waals surface area contributed by atoms with Crippen LogP contribution in [0.3, 0.4) is 0 Å². The van der Waals surface area contributed by atoms with Crippen molar-refractivity contribution in [3.8, 4) is 0 Å². The molecule has 1 saturated carbocycles. The fourth-order valence-electron chi connectivity index (χ4n) is 3.43. The number of benzene rings is 1. The van der Waals surface area contributed by atoms with Gasteiger partial charge in [0.05, 0.1) is 17.9 Å². The van der Waals surface area contributed by atoms with Crippen molar-refractivity contribution in [1.29, 1.82) is 0 Å². The second kappa shape index (κ2) is 10.6. The molecule has 0 saturated heterocycles. The van der Waals surface area contributed by atoms with E-state index in [-0.39, 0.29) is 36.7 Å². The maximum Gasteiger partial charge on any atom is 0.232 e. The van der Waals surface area contributed by atoms with Crippen LogP contribution in [-0.2, 0) is 14.3 Å².